The van der Waals surface area contributed by atoms with Crippen molar-refractivity contribution >= 4 is 22.6 Å². The molecule has 0 bridgehead atoms. The zero-order valence-corrected chi connectivity index (χ0v) is 15.2. The predicted octanol–water partition coefficient (Wildman–Crippen LogP) is 3.70. The van der Waals surface area contributed by atoms with Crippen LogP contribution in [0.25, 0.3) is 10.9 Å². The maximum atomic E-state index is 12.8. The summed E-state index contributed by atoms with van der Waals surface area (Å²) in [6, 6.07) is 13.5. The number of hydrogen-bond acceptors (Lipinski definition) is 3. The van der Waals surface area contributed by atoms with Gasteiger partial charge < -0.3 is 15.0 Å². The lowest BCUT2D eigenvalue weighted by Gasteiger charge is -2.22. The molecule has 4 rings (SSSR count). The lowest BCUT2D eigenvalue weighted by atomic mass is 10.2. The average molecular weight is 350 g/mol. The number of nitrogens with one attached hydrogen (secondary N) is 1. The van der Waals surface area contributed by atoms with E-state index in [0.29, 0.717) is 13.1 Å². The van der Waals surface area contributed by atoms with Gasteiger partial charge in [0.25, 0.3) is 0 Å². The summed E-state index contributed by atoms with van der Waals surface area (Å²) in [5.41, 5.74) is 3.74. The van der Waals surface area contributed by atoms with Crippen LogP contribution in [0.4, 0.5) is 10.5 Å². The lowest BCUT2D eigenvalue weighted by molar-refractivity contribution is 0.167. The molecular formula is C20H22N4O2. The fourth-order valence-corrected chi connectivity index (χ4v) is 3.35. The number of aromatic nitrogens is 2. The van der Waals surface area contributed by atoms with Crippen molar-refractivity contribution in [1.82, 2.24) is 14.7 Å². The molecule has 0 aliphatic carbocycles. The van der Waals surface area contributed by atoms with Gasteiger partial charge in [-0.3, -0.25) is 4.68 Å². The molecule has 1 atom stereocenters. The van der Waals surface area contributed by atoms with Gasteiger partial charge in [-0.2, -0.15) is 5.10 Å². The van der Waals surface area contributed by atoms with Crippen LogP contribution in [0.3, 0.4) is 0 Å². The Balaban J connectivity index is 1.56. The Kier molecular flexibility index (Phi) is 4.03. The minimum atomic E-state index is -0.135. The van der Waals surface area contributed by atoms with Crippen LogP contribution in [0.5, 0.6) is 5.75 Å². The first kappa shape index (κ1) is 16.4. The van der Waals surface area contributed by atoms with Crippen LogP contribution in [0.1, 0.15) is 18.2 Å². The van der Waals surface area contributed by atoms with Crippen LogP contribution in [0.15, 0.2) is 42.5 Å². The molecule has 2 amide bonds. The van der Waals surface area contributed by atoms with Crippen molar-refractivity contribution in [2.75, 3.05) is 11.9 Å². The van der Waals surface area contributed by atoms with E-state index in [-0.39, 0.29) is 12.1 Å². The maximum Gasteiger partial charge on any atom is 0.322 e. The van der Waals surface area contributed by atoms with E-state index in [1.54, 1.807) is 4.90 Å². The van der Waals surface area contributed by atoms with Crippen molar-refractivity contribution in [3.8, 4) is 5.75 Å². The second kappa shape index (κ2) is 6.37. The van der Waals surface area contributed by atoms with Gasteiger partial charge in [0.2, 0.25) is 0 Å². The summed E-state index contributed by atoms with van der Waals surface area (Å²) < 4.78 is 7.77. The van der Waals surface area contributed by atoms with E-state index in [0.717, 1.165) is 33.6 Å². The van der Waals surface area contributed by atoms with Gasteiger partial charge in [-0.15, -0.1) is 0 Å². The summed E-state index contributed by atoms with van der Waals surface area (Å²) in [4.78, 5) is 14.6. The van der Waals surface area contributed by atoms with Gasteiger partial charge in [0.15, 0.2) is 0 Å². The third-order valence-corrected chi connectivity index (χ3v) is 4.81. The molecule has 0 saturated carbocycles. The molecule has 1 aromatic heterocycles. The maximum absolute atomic E-state index is 12.8. The molecule has 134 valence electrons. The fourth-order valence-electron chi connectivity index (χ4n) is 3.35. The minimum absolute atomic E-state index is 0.0645. The van der Waals surface area contributed by atoms with Gasteiger partial charge in [0.05, 0.1) is 18.6 Å². The number of hydrogen-bond donors (Lipinski definition) is 1. The minimum Gasteiger partial charge on any atom is -0.489 e. The summed E-state index contributed by atoms with van der Waals surface area (Å²) in [5, 5.41) is 8.57. The highest BCUT2D eigenvalue weighted by Gasteiger charge is 2.23. The Morgan fingerprint density at radius 3 is 2.92 bits per heavy atom. The lowest BCUT2D eigenvalue weighted by Crippen LogP contribution is -2.38. The van der Waals surface area contributed by atoms with Crippen LogP contribution in [0, 0.1) is 6.92 Å². The first-order chi connectivity index (χ1) is 12.5. The number of carbonyl (C=O) groups is 1. The van der Waals surface area contributed by atoms with E-state index in [1.165, 1.54) is 0 Å². The highest BCUT2D eigenvalue weighted by molar-refractivity contribution is 5.93. The van der Waals surface area contributed by atoms with Gasteiger partial charge in [0.1, 0.15) is 11.9 Å². The summed E-state index contributed by atoms with van der Waals surface area (Å²) in [7, 11) is 1.92. The Hall–Kier alpha value is -3.02. The third kappa shape index (κ3) is 2.98. The molecule has 0 spiro atoms. The van der Waals surface area contributed by atoms with Crippen LogP contribution < -0.4 is 10.1 Å². The van der Waals surface area contributed by atoms with E-state index in [4.69, 9.17) is 4.74 Å². The third-order valence-electron chi connectivity index (χ3n) is 4.81. The van der Waals surface area contributed by atoms with Crippen molar-refractivity contribution in [2.45, 2.75) is 26.5 Å². The zero-order valence-electron chi connectivity index (χ0n) is 15.2. The van der Waals surface area contributed by atoms with Crippen LogP contribution in [-0.4, -0.2) is 33.4 Å². The van der Waals surface area contributed by atoms with E-state index in [9.17, 15) is 4.79 Å². The summed E-state index contributed by atoms with van der Waals surface area (Å²) >= 11 is 0. The SMILES string of the molecule is Cc1c2ccc(NC(=O)N3Cc4ccccc4OC(C)C3)cc2nn1C. The van der Waals surface area contributed by atoms with Gasteiger partial charge in [-0.05, 0) is 38.1 Å². The molecule has 6 heteroatoms. The van der Waals surface area contributed by atoms with Crippen molar-refractivity contribution in [1.29, 1.82) is 0 Å². The van der Waals surface area contributed by atoms with Gasteiger partial charge >= 0.3 is 6.03 Å². The van der Waals surface area contributed by atoms with Gasteiger partial charge in [0, 0.05) is 29.4 Å². The number of amides is 2. The van der Waals surface area contributed by atoms with Crippen molar-refractivity contribution < 1.29 is 9.53 Å². The summed E-state index contributed by atoms with van der Waals surface area (Å²) in [6.07, 6.45) is -0.0645. The molecule has 1 unspecified atom stereocenters. The molecule has 3 aromatic rings. The normalized spacial score (nSPS) is 16.7. The Labute approximate surface area is 152 Å². The molecule has 1 aliphatic heterocycles. The number of para-hydroxylation sites is 1. The van der Waals surface area contributed by atoms with Gasteiger partial charge in [-0.1, -0.05) is 18.2 Å². The number of rotatable bonds is 1. The van der Waals surface area contributed by atoms with Gasteiger partial charge in [-0.25, -0.2) is 4.79 Å². The smallest absolute Gasteiger partial charge is 0.322 e. The highest BCUT2D eigenvalue weighted by atomic mass is 16.5. The van der Waals surface area contributed by atoms with Crippen LogP contribution >= 0.6 is 0 Å². The number of fused-ring (bicyclic) bond motifs is 2. The number of ether oxygens (including phenoxy) is 1. The van der Waals surface area contributed by atoms with Crippen molar-refractivity contribution in [3.63, 3.8) is 0 Å². The van der Waals surface area contributed by atoms with Crippen LogP contribution in [0.2, 0.25) is 0 Å². The molecule has 0 fully saturated rings. The van der Waals surface area contributed by atoms with Crippen LogP contribution in [-0.2, 0) is 13.6 Å². The standard InChI is InChI=1S/C20H22N4O2/c1-13-11-24(12-15-6-4-5-7-19(15)26-13)20(25)21-16-8-9-17-14(2)23(3)22-18(17)10-16/h4-10,13H,11-12H2,1-3H3,(H,21,25). The molecule has 0 saturated heterocycles. The average Bonchev–Trinajstić information content (AvgIpc) is 2.78. The zero-order chi connectivity index (χ0) is 18.3. The number of urea groups is 1. The van der Waals surface area contributed by atoms with Crippen molar-refractivity contribution in [3.05, 3.63) is 53.7 Å². The second-order valence-corrected chi connectivity index (χ2v) is 6.79. The van der Waals surface area contributed by atoms with E-state index in [1.807, 2.05) is 68.0 Å². The fraction of sp³-hybridized carbons (Fsp3) is 0.300. The molecule has 2 aromatic carbocycles. The van der Waals surface area contributed by atoms with Crippen molar-refractivity contribution in [2.24, 2.45) is 7.05 Å². The topological polar surface area (TPSA) is 59.4 Å². The van der Waals surface area contributed by atoms with E-state index < -0.39 is 0 Å². The summed E-state index contributed by atoms with van der Waals surface area (Å²) in [5.74, 6) is 0.848. The first-order valence-electron chi connectivity index (χ1n) is 8.75. The number of carbonyl (C=O) groups excluding carboxylic acids is 1. The van der Waals surface area contributed by atoms with E-state index >= 15 is 0 Å². The quantitative estimate of drug-likeness (QED) is 0.728. The predicted molar refractivity (Wildman–Crippen MR) is 101 cm³/mol. The molecule has 1 aliphatic rings. The Morgan fingerprint density at radius 2 is 2.08 bits per heavy atom. The molecule has 2 heterocycles. The monoisotopic (exact) mass is 350 g/mol. The Bertz CT molecular complexity index is 979. The van der Waals surface area contributed by atoms with E-state index in [2.05, 4.69) is 10.4 Å². The molecular weight excluding hydrogens is 328 g/mol. The number of anilines is 1. The first-order valence-corrected chi connectivity index (χ1v) is 8.75. The molecule has 6 nitrogen and oxygen atoms in total. The molecule has 1 N–H and O–H groups in total. The number of benzene rings is 2. The summed E-state index contributed by atoms with van der Waals surface area (Å²) in [6.45, 7) is 5.07. The second-order valence-electron chi connectivity index (χ2n) is 6.79. The highest BCUT2D eigenvalue weighted by Crippen LogP contribution is 2.26. The molecule has 26 heavy (non-hydrogen) atoms. The Morgan fingerprint density at radius 1 is 1.27 bits per heavy atom. The number of nitrogens with zero attached hydrogens (tertiary/aromatic N) is 3. The molecule has 0 radical (unpaired) electrons. The largest absolute Gasteiger partial charge is 0.489 e. The number of aryl methyl sites for hydroxylation is 2.